The molecule has 0 aliphatic heterocycles. The Morgan fingerprint density at radius 1 is 0.705 bits per heavy atom. The van der Waals surface area contributed by atoms with Gasteiger partial charge in [-0.05, 0) is 124 Å². The van der Waals surface area contributed by atoms with Gasteiger partial charge in [0.25, 0.3) is 0 Å². The van der Waals surface area contributed by atoms with Crippen molar-refractivity contribution in [1.82, 2.24) is 0 Å². The second-order valence-electron chi connectivity index (χ2n) is 13.9. The summed E-state index contributed by atoms with van der Waals surface area (Å²) in [4.78, 5) is 24.2. The Morgan fingerprint density at radius 3 is 1.52 bits per heavy atom. The normalized spacial score (nSPS) is 27.5. The Hall–Kier alpha value is -2.44. The van der Waals surface area contributed by atoms with Crippen LogP contribution in [0.15, 0.2) is 48.6 Å². The number of aliphatic hydroxyl groups excluding tert-OH is 2. The number of carbonyl (C=O) groups is 2. The fraction of sp³-hybridized carbons (Fsp3) is 0.684. The fourth-order valence-electron chi connectivity index (χ4n) is 8.26. The molecule has 0 spiro atoms. The average Bonchev–Trinajstić information content (AvgIpc) is 3.08. The van der Waals surface area contributed by atoms with E-state index in [1.165, 1.54) is 69.8 Å². The fourth-order valence-corrected chi connectivity index (χ4v) is 8.26. The van der Waals surface area contributed by atoms with Crippen molar-refractivity contribution in [2.75, 3.05) is 26.4 Å². The van der Waals surface area contributed by atoms with Crippen LogP contribution in [0.3, 0.4) is 0 Å². The maximum Gasteiger partial charge on any atom is 0.335 e. The summed E-state index contributed by atoms with van der Waals surface area (Å²) in [5.74, 6) is 2.73. The van der Waals surface area contributed by atoms with E-state index in [0.29, 0.717) is 11.8 Å². The monoisotopic (exact) mass is 608 g/mol. The predicted octanol–water partition coefficient (Wildman–Crippen LogP) is 7.64. The van der Waals surface area contributed by atoms with Crippen LogP contribution in [0.4, 0.5) is 0 Å². The molecule has 244 valence electrons. The van der Waals surface area contributed by atoms with E-state index >= 15 is 0 Å². The summed E-state index contributed by atoms with van der Waals surface area (Å²) in [6.45, 7) is 8.70. The summed E-state index contributed by atoms with van der Waals surface area (Å²) in [6.07, 6.45) is 17.6. The Labute approximate surface area is 265 Å². The summed E-state index contributed by atoms with van der Waals surface area (Å²) < 4.78 is 10.8. The molecule has 3 aliphatic carbocycles. The third-order valence-corrected chi connectivity index (χ3v) is 11.2. The summed E-state index contributed by atoms with van der Waals surface area (Å²) >= 11 is 0. The number of hydrogen-bond donors (Lipinski definition) is 2. The van der Waals surface area contributed by atoms with Gasteiger partial charge in [-0.2, -0.15) is 0 Å². The van der Waals surface area contributed by atoms with Crippen LogP contribution in [0.1, 0.15) is 120 Å². The molecule has 0 aromatic heterocycles. The van der Waals surface area contributed by atoms with E-state index in [4.69, 9.17) is 9.47 Å². The summed E-state index contributed by atoms with van der Waals surface area (Å²) in [5, 5.41) is 18.4. The number of carbonyl (C=O) groups excluding carboxylic acids is 2. The smallest absolute Gasteiger partial charge is 0.335 e. The Bertz CT molecular complexity index is 1040. The van der Waals surface area contributed by atoms with Gasteiger partial charge < -0.3 is 19.7 Å². The van der Waals surface area contributed by atoms with Gasteiger partial charge in [0, 0.05) is 5.92 Å². The zero-order chi connectivity index (χ0) is 31.5. The molecule has 44 heavy (non-hydrogen) atoms. The summed E-state index contributed by atoms with van der Waals surface area (Å²) in [6, 6.07) is 9.71. The van der Waals surface area contributed by atoms with Crippen molar-refractivity contribution in [3.63, 3.8) is 0 Å². The van der Waals surface area contributed by atoms with Crippen LogP contribution in [0.2, 0.25) is 0 Å². The van der Waals surface area contributed by atoms with Crippen molar-refractivity contribution in [1.29, 1.82) is 0 Å². The highest BCUT2D eigenvalue weighted by atomic mass is 16.5. The molecule has 3 aliphatic rings. The van der Waals surface area contributed by atoms with Gasteiger partial charge >= 0.3 is 11.9 Å². The van der Waals surface area contributed by atoms with E-state index in [1.54, 1.807) is 5.56 Å². The lowest BCUT2D eigenvalue weighted by atomic mass is 9.67. The molecule has 0 unspecified atom stereocenters. The minimum absolute atomic E-state index is 0.00868. The first-order chi connectivity index (χ1) is 21.3. The molecule has 3 fully saturated rings. The maximum atomic E-state index is 12.1. The van der Waals surface area contributed by atoms with Crippen molar-refractivity contribution < 1.29 is 29.3 Å². The van der Waals surface area contributed by atoms with Crippen LogP contribution in [-0.4, -0.2) is 48.6 Å². The lowest BCUT2D eigenvalue weighted by Gasteiger charge is -2.39. The standard InChI is InChI=1S/C38H56O6/c1-4-5-28-6-8-29(9-7-28)30-10-12-31(13-11-30)32-14-16-33(17-15-32)34-18-20-35(21-19-34)36(24-43-37(41)26(2)22-39)25-44-38(42)27(3)23-40/h10-13,28-29,32-36,39-40H,2-9,14-25H2,1H3. The predicted molar refractivity (Wildman–Crippen MR) is 174 cm³/mol. The largest absolute Gasteiger partial charge is 0.462 e. The zero-order valence-electron chi connectivity index (χ0n) is 27.0. The number of benzene rings is 1. The number of aliphatic hydroxyl groups is 2. The van der Waals surface area contributed by atoms with Crippen molar-refractivity contribution in [3.05, 3.63) is 59.7 Å². The highest BCUT2D eigenvalue weighted by Gasteiger charge is 2.35. The minimum Gasteiger partial charge on any atom is -0.462 e. The van der Waals surface area contributed by atoms with Crippen molar-refractivity contribution in [2.24, 2.45) is 29.6 Å². The molecule has 0 saturated heterocycles. The zero-order valence-corrected chi connectivity index (χ0v) is 27.0. The molecule has 1 aromatic carbocycles. The molecule has 0 heterocycles. The molecule has 0 bridgehead atoms. The SMILES string of the molecule is C=C(CO)C(=O)OCC(COC(=O)C(=C)CO)C1CCC(C2CCC(c3ccc(C4CCC(CCC)CC4)cc3)CC2)CC1. The van der Waals surface area contributed by atoms with Crippen molar-refractivity contribution >= 4 is 11.9 Å². The van der Waals surface area contributed by atoms with E-state index < -0.39 is 25.2 Å². The molecule has 0 atom stereocenters. The second kappa shape index (κ2) is 17.3. The summed E-state index contributed by atoms with van der Waals surface area (Å²) in [5.41, 5.74) is 3.09. The topological polar surface area (TPSA) is 93.1 Å². The molecule has 1 aromatic rings. The van der Waals surface area contributed by atoms with E-state index in [9.17, 15) is 19.8 Å². The number of hydrogen-bond acceptors (Lipinski definition) is 6. The first-order valence-corrected chi connectivity index (χ1v) is 17.3. The van der Waals surface area contributed by atoms with Crippen LogP contribution in [0, 0.1) is 29.6 Å². The quantitative estimate of drug-likeness (QED) is 0.167. The Kier molecular flexibility index (Phi) is 13.5. The number of rotatable bonds is 14. The average molecular weight is 609 g/mol. The van der Waals surface area contributed by atoms with Gasteiger partial charge in [-0.1, -0.05) is 57.2 Å². The van der Waals surface area contributed by atoms with Gasteiger partial charge in [-0.3, -0.25) is 0 Å². The molecule has 6 nitrogen and oxygen atoms in total. The molecule has 3 saturated carbocycles. The molecule has 0 radical (unpaired) electrons. The van der Waals surface area contributed by atoms with Gasteiger partial charge in [0.15, 0.2) is 0 Å². The maximum absolute atomic E-state index is 12.1. The van der Waals surface area contributed by atoms with Gasteiger partial charge in [0.2, 0.25) is 0 Å². The molecule has 2 N–H and O–H groups in total. The second-order valence-corrected chi connectivity index (χ2v) is 13.9. The molecule has 4 rings (SSSR count). The molecular formula is C38H56O6. The lowest BCUT2D eigenvalue weighted by Crippen LogP contribution is -2.33. The van der Waals surface area contributed by atoms with E-state index in [0.717, 1.165) is 43.4 Å². The number of ether oxygens (including phenoxy) is 2. The minimum atomic E-state index is -0.627. The molecular weight excluding hydrogens is 552 g/mol. The van der Waals surface area contributed by atoms with Crippen LogP contribution in [0.5, 0.6) is 0 Å². The van der Waals surface area contributed by atoms with E-state index in [-0.39, 0.29) is 36.2 Å². The van der Waals surface area contributed by atoms with Gasteiger partial charge in [0.05, 0.1) is 37.6 Å². The highest BCUT2D eigenvalue weighted by Crippen LogP contribution is 2.45. The van der Waals surface area contributed by atoms with Gasteiger partial charge in [-0.25, -0.2) is 9.59 Å². The van der Waals surface area contributed by atoms with Crippen molar-refractivity contribution in [2.45, 2.75) is 109 Å². The van der Waals surface area contributed by atoms with Gasteiger partial charge in [0.1, 0.15) is 0 Å². The molecule has 0 amide bonds. The van der Waals surface area contributed by atoms with Crippen LogP contribution in [-0.2, 0) is 19.1 Å². The van der Waals surface area contributed by atoms with Crippen LogP contribution in [0.25, 0.3) is 0 Å². The lowest BCUT2D eigenvalue weighted by molar-refractivity contribution is -0.146. The third kappa shape index (κ3) is 9.53. The molecule has 6 heteroatoms. The van der Waals surface area contributed by atoms with E-state index in [1.807, 2.05) is 0 Å². The van der Waals surface area contributed by atoms with Crippen molar-refractivity contribution in [3.8, 4) is 0 Å². The third-order valence-electron chi connectivity index (χ3n) is 11.2. The number of esters is 2. The van der Waals surface area contributed by atoms with Crippen LogP contribution >= 0.6 is 0 Å². The highest BCUT2D eigenvalue weighted by molar-refractivity contribution is 5.88. The Morgan fingerprint density at radius 2 is 1.11 bits per heavy atom. The van der Waals surface area contributed by atoms with E-state index in [2.05, 4.69) is 44.3 Å². The summed E-state index contributed by atoms with van der Waals surface area (Å²) in [7, 11) is 0. The first kappa shape index (κ1) is 34.4. The van der Waals surface area contributed by atoms with Gasteiger partial charge in [-0.15, -0.1) is 0 Å². The first-order valence-electron chi connectivity index (χ1n) is 17.3. The van der Waals surface area contributed by atoms with Crippen LogP contribution < -0.4 is 0 Å². The Balaban J connectivity index is 1.23.